The lowest BCUT2D eigenvalue weighted by Crippen LogP contribution is -2.36. The molecule has 2 amide bonds. The van der Waals surface area contributed by atoms with Crippen molar-refractivity contribution in [3.63, 3.8) is 0 Å². The number of amides is 2. The van der Waals surface area contributed by atoms with E-state index in [-0.39, 0.29) is 35.7 Å². The molecule has 0 atom stereocenters. The molecule has 222 valence electrons. The molecule has 42 heavy (non-hydrogen) atoms. The SMILES string of the molecule is C=C(OC(=O)C(F)(F)F)C(=O)Nc1cccc(Oc2nc(Nc3cnn(CC(=O)NC)c3)ncc2N2CCOCC2)c1. The number of rotatable bonds is 10. The third-order valence-corrected chi connectivity index (χ3v) is 5.57. The van der Waals surface area contributed by atoms with Gasteiger partial charge in [-0.25, -0.2) is 9.78 Å². The highest BCUT2D eigenvalue weighted by Crippen LogP contribution is 2.33. The van der Waals surface area contributed by atoms with Crippen LogP contribution in [0.3, 0.4) is 0 Å². The van der Waals surface area contributed by atoms with E-state index in [4.69, 9.17) is 9.47 Å². The molecule has 3 aromatic rings. The van der Waals surface area contributed by atoms with Gasteiger partial charge in [0.15, 0.2) is 5.76 Å². The molecule has 4 rings (SSSR count). The van der Waals surface area contributed by atoms with Gasteiger partial charge in [0.25, 0.3) is 5.91 Å². The van der Waals surface area contributed by atoms with Crippen molar-refractivity contribution >= 4 is 40.8 Å². The number of alkyl halides is 3. The summed E-state index contributed by atoms with van der Waals surface area (Å²) in [5, 5.41) is 11.9. The standard InChI is InChI=1S/C25H25F3N8O6/c1-15(41-23(39)25(26,27)28)21(38)32-16-4-3-5-18(10-16)42-22-19(35-6-8-40-9-7-35)12-30-24(34-22)33-17-11-31-36(13-17)14-20(37)29-2/h3-5,10-13H,1,6-9,14H2,2H3,(H,29,37)(H,32,38)(H,30,33,34). The Labute approximate surface area is 236 Å². The van der Waals surface area contributed by atoms with Gasteiger partial charge in [-0.2, -0.15) is 23.3 Å². The van der Waals surface area contributed by atoms with Gasteiger partial charge in [0.2, 0.25) is 17.7 Å². The number of hydrogen-bond acceptors (Lipinski definition) is 11. The molecule has 1 aliphatic rings. The summed E-state index contributed by atoms with van der Waals surface area (Å²) in [6, 6.07) is 5.91. The third-order valence-electron chi connectivity index (χ3n) is 5.57. The highest BCUT2D eigenvalue weighted by molar-refractivity contribution is 6.03. The molecular formula is C25H25F3N8O6. The molecule has 1 fully saturated rings. The fraction of sp³-hybridized carbons (Fsp3) is 0.280. The number of benzene rings is 1. The van der Waals surface area contributed by atoms with Gasteiger partial charge in [-0.3, -0.25) is 14.3 Å². The van der Waals surface area contributed by atoms with Crippen LogP contribution in [-0.4, -0.2) is 77.1 Å². The van der Waals surface area contributed by atoms with E-state index < -0.39 is 23.8 Å². The Hall–Kier alpha value is -5.19. The summed E-state index contributed by atoms with van der Waals surface area (Å²) >= 11 is 0. The monoisotopic (exact) mass is 590 g/mol. The number of halogens is 3. The number of esters is 1. The van der Waals surface area contributed by atoms with Crippen molar-refractivity contribution in [2.75, 3.05) is 48.9 Å². The minimum Gasteiger partial charge on any atom is -0.437 e. The van der Waals surface area contributed by atoms with E-state index in [1.54, 1.807) is 18.5 Å². The third kappa shape index (κ3) is 7.94. The molecule has 14 nitrogen and oxygen atoms in total. The average Bonchev–Trinajstić information content (AvgIpc) is 3.39. The lowest BCUT2D eigenvalue weighted by molar-refractivity contribution is -0.195. The first-order chi connectivity index (χ1) is 20.0. The molecular weight excluding hydrogens is 565 g/mol. The van der Waals surface area contributed by atoms with Gasteiger partial charge in [0.05, 0.1) is 31.3 Å². The first-order valence-electron chi connectivity index (χ1n) is 12.3. The molecule has 2 aromatic heterocycles. The zero-order chi connectivity index (χ0) is 30.3. The Morgan fingerprint density at radius 1 is 1.14 bits per heavy atom. The highest BCUT2D eigenvalue weighted by Gasteiger charge is 2.42. The van der Waals surface area contributed by atoms with Gasteiger partial charge in [-0.1, -0.05) is 12.6 Å². The Bertz CT molecular complexity index is 1470. The Balaban J connectivity index is 1.52. The predicted molar refractivity (Wildman–Crippen MR) is 141 cm³/mol. The zero-order valence-corrected chi connectivity index (χ0v) is 22.1. The summed E-state index contributed by atoms with van der Waals surface area (Å²) in [5.41, 5.74) is 1.19. The van der Waals surface area contributed by atoms with Crippen LogP contribution in [0.4, 0.5) is 36.2 Å². The zero-order valence-electron chi connectivity index (χ0n) is 22.1. The van der Waals surface area contributed by atoms with Crippen LogP contribution in [0.5, 0.6) is 11.6 Å². The number of hydrogen-bond donors (Lipinski definition) is 3. The van der Waals surface area contributed by atoms with E-state index in [1.807, 2.05) is 4.90 Å². The number of carbonyl (C=O) groups excluding carboxylic acids is 3. The molecule has 0 saturated carbocycles. The Kier molecular flexibility index (Phi) is 9.21. The van der Waals surface area contributed by atoms with Crippen molar-refractivity contribution in [2.24, 2.45) is 0 Å². The maximum absolute atomic E-state index is 12.4. The molecule has 1 saturated heterocycles. The van der Waals surface area contributed by atoms with Crippen LogP contribution in [0.15, 0.2) is 55.2 Å². The van der Waals surface area contributed by atoms with Crippen molar-refractivity contribution in [3.8, 4) is 11.6 Å². The Morgan fingerprint density at radius 3 is 2.62 bits per heavy atom. The number of nitrogens with one attached hydrogen (secondary N) is 3. The summed E-state index contributed by atoms with van der Waals surface area (Å²) in [6.07, 6.45) is -0.627. The first-order valence-corrected chi connectivity index (χ1v) is 12.3. The lowest BCUT2D eigenvalue weighted by Gasteiger charge is -2.29. The lowest BCUT2D eigenvalue weighted by atomic mass is 10.3. The largest absolute Gasteiger partial charge is 0.491 e. The minimum absolute atomic E-state index is 0.0222. The second-order valence-electron chi connectivity index (χ2n) is 8.60. The van der Waals surface area contributed by atoms with Crippen LogP contribution in [-0.2, 0) is 30.4 Å². The first kappa shape index (κ1) is 29.8. The molecule has 1 aliphatic heterocycles. The van der Waals surface area contributed by atoms with Gasteiger partial charge in [-0.05, 0) is 12.1 Å². The van der Waals surface area contributed by atoms with Gasteiger partial charge in [0, 0.05) is 38.1 Å². The van der Waals surface area contributed by atoms with Crippen LogP contribution < -0.4 is 25.6 Å². The molecule has 0 spiro atoms. The topological polar surface area (TPSA) is 162 Å². The summed E-state index contributed by atoms with van der Waals surface area (Å²) in [4.78, 5) is 45.7. The fourth-order valence-electron chi connectivity index (χ4n) is 3.55. The molecule has 3 heterocycles. The van der Waals surface area contributed by atoms with Crippen molar-refractivity contribution in [1.82, 2.24) is 25.1 Å². The molecule has 1 aromatic carbocycles. The van der Waals surface area contributed by atoms with E-state index in [1.165, 1.54) is 36.1 Å². The maximum atomic E-state index is 12.4. The number of carbonyl (C=O) groups is 3. The second kappa shape index (κ2) is 13.0. The molecule has 0 bridgehead atoms. The number of ether oxygens (including phenoxy) is 3. The van der Waals surface area contributed by atoms with Gasteiger partial charge in [0.1, 0.15) is 18.0 Å². The van der Waals surface area contributed by atoms with Crippen LogP contribution in [0.2, 0.25) is 0 Å². The van der Waals surface area contributed by atoms with Crippen LogP contribution in [0, 0.1) is 0 Å². The quantitative estimate of drug-likeness (QED) is 0.181. The van der Waals surface area contributed by atoms with Crippen LogP contribution in [0.25, 0.3) is 0 Å². The van der Waals surface area contributed by atoms with E-state index in [0.717, 1.165) is 0 Å². The van der Waals surface area contributed by atoms with Crippen molar-refractivity contribution < 1.29 is 41.8 Å². The van der Waals surface area contributed by atoms with Crippen molar-refractivity contribution in [1.29, 1.82) is 0 Å². The van der Waals surface area contributed by atoms with Gasteiger partial charge >= 0.3 is 12.1 Å². The number of aromatic nitrogens is 4. The summed E-state index contributed by atoms with van der Waals surface area (Å²) in [6.45, 7) is 5.15. The highest BCUT2D eigenvalue weighted by atomic mass is 19.4. The minimum atomic E-state index is -5.29. The van der Waals surface area contributed by atoms with E-state index in [9.17, 15) is 27.6 Å². The van der Waals surface area contributed by atoms with Gasteiger partial charge < -0.3 is 35.1 Å². The molecule has 0 unspecified atom stereocenters. The number of likely N-dealkylation sites (N-methyl/N-ethyl adjacent to an activating group) is 1. The van der Waals surface area contributed by atoms with Crippen LogP contribution >= 0.6 is 0 Å². The summed E-state index contributed by atoms with van der Waals surface area (Å²) in [5.74, 6) is -4.47. The number of nitrogens with zero attached hydrogens (tertiary/aromatic N) is 5. The van der Waals surface area contributed by atoms with E-state index in [2.05, 4.69) is 42.3 Å². The van der Waals surface area contributed by atoms with Gasteiger partial charge in [-0.15, -0.1) is 0 Å². The number of anilines is 4. The fourth-order valence-corrected chi connectivity index (χ4v) is 3.55. The molecule has 0 aliphatic carbocycles. The smallest absolute Gasteiger partial charge is 0.437 e. The second-order valence-corrected chi connectivity index (χ2v) is 8.60. The molecule has 3 N–H and O–H groups in total. The summed E-state index contributed by atoms with van der Waals surface area (Å²) < 4.78 is 54.2. The predicted octanol–water partition coefficient (Wildman–Crippen LogP) is 2.35. The van der Waals surface area contributed by atoms with E-state index in [0.29, 0.717) is 37.7 Å². The molecule has 0 radical (unpaired) electrons. The summed E-state index contributed by atoms with van der Waals surface area (Å²) in [7, 11) is 1.52. The van der Waals surface area contributed by atoms with Crippen molar-refractivity contribution in [2.45, 2.75) is 12.7 Å². The number of morpholine rings is 1. The normalized spacial score (nSPS) is 13.2. The molecule has 17 heteroatoms. The van der Waals surface area contributed by atoms with Crippen LogP contribution in [0.1, 0.15) is 0 Å². The van der Waals surface area contributed by atoms with Crippen molar-refractivity contribution in [3.05, 3.63) is 55.2 Å². The maximum Gasteiger partial charge on any atom is 0.491 e. The average molecular weight is 591 g/mol. The Morgan fingerprint density at radius 2 is 1.90 bits per heavy atom. The van der Waals surface area contributed by atoms with E-state index >= 15 is 0 Å².